The van der Waals surface area contributed by atoms with Gasteiger partial charge >= 0.3 is 5.69 Å². The Morgan fingerprint density at radius 1 is 1.52 bits per heavy atom. The Balaban J connectivity index is 2.33. The Bertz CT molecular complexity index is 605. The van der Waals surface area contributed by atoms with Gasteiger partial charge in [-0.05, 0) is 6.92 Å². The molecule has 116 valence electrons. The van der Waals surface area contributed by atoms with Crippen molar-refractivity contribution in [2.75, 3.05) is 5.32 Å². The second kappa shape index (κ2) is 5.88. The summed E-state index contributed by atoms with van der Waals surface area (Å²) in [5.74, 6) is -1.91. The topological polar surface area (TPSA) is 114 Å². The molecule has 0 radical (unpaired) electrons. The molecule has 0 bridgehead atoms. The molecule has 0 aliphatic carbocycles. The SMILES string of the molecule is CCC(=O)Nc1nc(=O)n([C@@H]2O[C@H](C)C(O)C2O)cc1F. The molecule has 1 aliphatic heterocycles. The van der Waals surface area contributed by atoms with E-state index in [1.165, 1.54) is 6.92 Å². The first-order valence-electron chi connectivity index (χ1n) is 6.45. The molecule has 4 atom stereocenters. The van der Waals surface area contributed by atoms with Crippen LogP contribution in [0.3, 0.4) is 0 Å². The van der Waals surface area contributed by atoms with E-state index in [2.05, 4.69) is 10.3 Å². The number of rotatable bonds is 3. The van der Waals surface area contributed by atoms with Gasteiger partial charge in [-0.2, -0.15) is 4.98 Å². The second-order valence-electron chi connectivity index (χ2n) is 4.74. The summed E-state index contributed by atoms with van der Waals surface area (Å²) in [6.45, 7) is 3.08. The van der Waals surface area contributed by atoms with E-state index in [1.54, 1.807) is 6.92 Å². The number of amides is 1. The fourth-order valence-electron chi connectivity index (χ4n) is 1.99. The largest absolute Gasteiger partial charge is 0.388 e. The number of hydrogen-bond acceptors (Lipinski definition) is 6. The minimum Gasteiger partial charge on any atom is -0.388 e. The third-order valence-corrected chi connectivity index (χ3v) is 3.24. The Morgan fingerprint density at radius 3 is 2.71 bits per heavy atom. The predicted octanol–water partition coefficient (Wildman–Crippen LogP) is -0.630. The van der Waals surface area contributed by atoms with Crippen LogP contribution >= 0.6 is 0 Å². The highest BCUT2D eigenvalue weighted by molar-refractivity contribution is 5.89. The first-order chi connectivity index (χ1) is 9.85. The minimum atomic E-state index is -1.38. The van der Waals surface area contributed by atoms with Crippen LogP contribution in [0.15, 0.2) is 11.0 Å². The van der Waals surface area contributed by atoms with Crippen molar-refractivity contribution in [3.8, 4) is 0 Å². The van der Waals surface area contributed by atoms with Gasteiger partial charge in [0.2, 0.25) is 5.91 Å². The predicted molar refractivity (Wildman–Crippen MR) is 69.0 cm³/mol. The van der Waals surface area contributed by atoms with Crippen molar-refractivity contribution in [1.82, 2.24) is 9.55 Å². The summed E-state index contributed by atoms with van der Waals surface area (Å²) in [6, 6.07) is 0. The van der Waals surface area contributed by atoms with E-state index in [-0.39, 0.29) is 6.42 Å². The zero-order valence-electron chi connectivity index (χ0n) is 11.5. The lowest BCUT2D eigenvalue weighted by molar-refractivity contribution is -0.115. The van der Waals surface area contributed by atoms with Gasteiger partial charge in [0.25, 0.3) is 0 Å². The van der Waals surface area contributed by atoms with Crippen LogP contribution in [0.5, 0.6) is 0 Å². The quantitative estimate of drug-likeness (QED) is 0.685. The summed E-state index contributed by atoms with van der Waals surface area (Å²) in [5, 5.41) is 21.6. The van der Waals surface area contributed by atoms with Crippen molar-refractivity contribution in [2.45, 2.75) is 44.8 Å². The zero-order valence-corrected chi connectivity index (χ0v) is 11.5. The van der Waals surface area contributed by atoms with E-state index in [1.807, 2.05) is 0 Å². The number of carbonyl (C=O) groups excluding carboxylic acids is 1. The van der Waals surface area contributed by atoms with Gasteiger partial charge in [-0.15, -0.1) is 0 Å². The Labute approximate surface area is 119 Å². The maximum atomic E-state index is 13.9. The number of halogens is 1. The molecule has 0 aromatic carbocycles. The Kier molecular flexibility index (Phi) is 4.35. The van der Waals surface area contributed by atoms with Gasteiger partial charge in [-0.25, -0.2) is 9.18 Å². The van der Waals surface area contributed by atoms with Gasteiger partial charge in [0.05, 0.1) is 12.3 Å². The first kappa shape index (κ1) is 15.5. The fourth-order valence-corrected chi connectivity index (χ4v) is 1.99. The summed E-state index contributed by atoms with van der Waals surface area (Å²) >= 11 is 0. The lowest BCUT2D eigenvalue weighted by Gasteiger charge is -2.17. The fraction of sp³-hybridized carbons (Fsp3) is 0.583. The van der Waals surface area contributed by atoms with Gasteiger partial charge in [-0.3, -0.25) is 9.36 Å². The van der Waals surface area contributed by atoms with Crippen LogP contribution in [-0.4, -0.2) is 44.0 Å². The molecule has 1 amide bonds. The number of nitrogens with one attached hydrogen (secondary N) is 1. The lowest BCUT2D eigenvalue weighted by Crippen LogP contribution is -2.36. The number of aliphatic hydroxyl groups is 2. The number of nitrogens with zero attached hydrogens (tertiary/aromatic N) is 2. The van der Waals surface area contributed by atoms with Crippen molar-refractivity contribution in [3.05, 3.63) is 22.5 Å². The molecule has 1 fully saturated rings. The summed E-state index contributed by atoms with van der Waals surface area (Å²) in [5.41, 5.74) is -0.909. The number of hydrogen-bond donors (Lipinski definition) is 3. The van der Waals surface area contributed by atoms with Gasteiger partial charge in [-0.1, -0.05) is 6.92 Å². The second-order valence-corrected chi connectivity index (χ2v) is 4.74. The van der Waals surface area contributed by atoms with E-state index >= 15 is 0 Å². The standard InChI is InChI=1S/C12H16FN3O5/c1-3-7(17)14-10-6(13)4-16(12(20)15-10)11-9(19)8(18)5(2)21-11/h4-5,8-9,11,18-19H,3H2,1-2H3,(H,14,15,17,20)/t5-,8?,9?,11-/m1/s1. The van der Waals surface area contributed by atoms with E-state index in [0.29, 0.717) is 0 Å². The maximum absolute atomic E-state index is 13.9. The molecule has 8 nitrogen and oxygen atoms in total. The normalized spacial score (nSPS) is 28.6. The molecule has 0 spiro atoms. The summed E-state index contributed by atoms with van der Waals surface area (Å²) in [7, 11) is 0. The minimum absolute atomic E-state index is 0.109. The zero-order chi connectivity index (χ0) is 15.7. The van der Waals surface area contributed by atoms with Crippen molar-refractivity contribution in [2.24, 2.45) is 0 Å². The average molecular weight is 301 g/mol. The van der Waals surface area contributed by atoms with Crippen molar-refractivity contribution < 1.29 is 24.1 Å². The van der Waals surface area contributed by atoms with Gasteiger partial charge in [0.15, 0.2) is 17.9 Å². The number of carbonyl (C=O) groups is 1. The number of aliphatic hydroxyl groups excluding tert-OH is 2. The van der Waals surface area contributed by atoms with Crippen LogP contribution in [0, 0.1) is 5.82 Å². The summed E-state index contributed by atoms with van der Waals surface area (Å²) in [4.78, 5) is 26.5. The van der Waals surface area contributed by atoms with E-state index < -0.39 is 47.8 Å². The van der Waals surface area contributed by atoms with Crippen LogP contribution < -0.4 is 11.0 Å². The molecule has 1 aromatic heterocycles. The third kappa shape index (κ3) is 2.94. The van der Waals surface area contributed by atoms with E-state index in [0.717, 1.165) is 10.8 Å². The van der Waals surface area contributed by atoms with Crippen LogP contribution in [0.25, 0.3) is 0 Å². The first-order valence-corrected chi connectivity index (χ1v) is 6.45. The third-order valence-electron chi connectivity index (χ3n) is 3.24. The van der Waals surface area contributed by atoms with Crippen LogP contribution in [0.4, 0.5) is 10.2 Å². The Morgan fingerprint density at radius 2 is 2.19 bits per heavy atom. The molecular weight excluding hydrogens is 285 g/mol. The Hall–Kier alpha value is -1.84. The highest BCUT2D eigenvalue weighted by Crippen LogP contribution is 2.28. The molecule has 2 rings (SSSR count). The molecule has 1 saturated heterocycles. The summed E-state index contributed by atoms with van der Waals surface area (Å²) < 4.78 is 19.8. The molecule has 21 heavy (non-hydrogen) atoms. The molecule has 1 aromatic rings. The van der Waals surface area contributed by atoms with Crippen molar-refractivity contribution in [3.63, 3.8) is 0 Å². The number of aromatic nitrogens is 2. The van der Waals surface area contributed by atoms with Crippen LogP contribution in [0.1, 0.15) is 26.5 Å². The maximum Gasteiger partial charge on any atom is 0.351 e. The monoisotopic (exact) mass is 301 g/mol. The average Bonchev–Trinajstić information content (AvgIpc) is 2.70. The highest BCUT2D eigenvalue weighted by atomic mass is 19.1. The van der Waals surface area contributed by atoms with Crippen LogP contribution in [-0.2, 0) is 9.53 Å². The molecule has 0 saturated carbocycles. The number of anilines is 1. The molecular formula is C12H16FN3O5. The molecule has 1 aliphatic rings. The molecule has 2 unspecified atom stereocenters. The van der Waals surface area contributed by atoms with Crippen molar-refractivity contribution in [1.29, 1.82) is 0 Å². The van der Waals surface area contributed by atoms with Gasteiger partial charge in [0.1, 0.15) is 12.2 Å². The molecule has 3 N–H and O–H groups in total. The highest BCUT2D eigenvalue weighted by Gasteiger charge is 2.42. The summed E-state index contributed by atoms with van der Waals surface area (Å²) in [6.07, 6.45) is -3.63. The van der Waals surface area contributed by atoms with E-state index in [4.69, 9.17) is 4.74 Å². The van der Waals surface area contributed by atoms with Gasteiger partial charge in [0, 0.05) is 6.42 Å². The van der Waals surface area contributed by atoms with Gasteiger partial charge < -0.3 is 20.3 Å². The smallest absolute Gasteiger partial charge is 0.351 e. The van der Waals surface area contributed by atoms with E-state index in [9.17, 15) is 24.2 Å². The number of ether oxygens (including phenoxy) is 1. The molecule has 9 heteroatoms. The lowest BCUT2D eigenvalue weighted by atomic mass is 10.1. The molecule has 2 heterocycles. The van der Waals surface area contributed by atoms with Crippen LogP contribution in [0.2, 0.25) is 0 Å². The van der Waals surface area contributed by atoms with Crippen molar-refractivity contribution >= 4 is 11.7 Å².